The normalized spacial score (nSPS) is 15.3. The molecule has 0 unspecified atom stereocenters. The standard InChI is InChI=1S/C13H12F3N3O3/c1-18-6-9(13(14,15)16)11(20)19(12(18)21)5-8-4-10(17-22-8)7-2-3-7/h4,6-7H,2-3,5H2,1H3. The van der Waals surface area contributed by atoms with E-state index in [1.54, 1.807) is 6.07 Å². The predicted octanol–water partition coefficient (Wildman–Crippen LogP) is 1.48. The van der Waals surface area contributed by atoms with Crippen LogP contribution in [0.25, 0.3) is 0 Å². The SMILES string of the molecule is Cn1cc(C(F)(F)F)c(=O)n(Cc2cc(C3CC3)no2)c1=O. The Morgan fingerprint density at radius 3 is 2.64 bits per heavy atom. The average molecular weight is 315 g/mol. The molecule has 22 heavy (non-hydrogen) atoms. The highest BCUT2D eigenvalue weighted by Crippen LogP contribution is 2.39. The first kappa shape index (κ1) is 14.6. The Morgan fingerprint density at radius 2 is 2.05 bits per heavy atom. The van der Waals surface area contributed by atoms with Gasteiger partial charge in [-0.05, 0) is 12.8 Å². The Morgan fingerprint density at radius 1 is 1.36 bits per heavy atom. The summed E-state index contributed by atoms with van der Waals surface area (Å²) < 4.78 is 44.7. The van der Waals surface area contributed by atoms with Gasteiger partial charge in [0.05, 0.1) is 12.2 Å². The van der Waals surface area contributed by atoms with Crippen molar-refractivity contribution >= 4 is 0 Å². The molecule has 2 aromatic rings. The van der Waals surface area contributed by atoms with Crippen LogP contribution in [0.4, 0.5) is 13.2 Å². The van der Waals surface area contributed by atoms with E-state index in [-0.39, 0.29) is 12.3 Å². The van der Waals surface area contributed by atoms with Gasteiger partial charge in [-0.1, -0.05) is 5.16 Å². The van der Waals surface area contributed by atoms with Crippen molar-refractivity contribution in [2.75, 3.05) is 0 Å². The second-order valence-corrected chi connectivity index (χ2v) is 5.32. The number of halogens is 3. The van der Waals surface area contributed by atoms with Crippen LogP contribution in [0.1, 0.15) is 35.8 Å². The fourth-order valence-electron chi connectivity index (χ4n) is 2.19. The minimum absolute atomic E-state index is 0.181. The van der Waals surface area contributed by atoms with Crippen LogP contribution >= 0.6 is 0 Å². The maximum absolute atomic E-state index is 12.8. The molecular weight excluding hydrogens is 303 g/mol. The summed E-state index contributed by atoms with van der Waals surface area (Å²) in [5.74, 6) is 0.485. The fourth-order valence-corrected chi connectivity index (χ4v) is 2.19. The Labute approximate surface area is 121 Å². The lowest BCUT2D eigenvalue weighted by Crippen LogP contribution is -2.42. The molecule has 1 aliphatic rings. The van der Waals surface area contributed by atoms with E-state index in [2.05, 4.69) is 5.16 Å². The Bertz CT molecular complexity index is 828. The molecule has 1 aliphatic carbocycles. The van der Waals surface area contributed by atoms with Gasteiger partial charge in [-0.25, -0.2) is 4.79 Å². The van der Waals surface area contributed by atoms with Gasteiger partial charge in [0.25, 0.3) is 5.56 Å². The first-order valence-electron chi connectivity index (χ1n) is 6.60. The molecule has 118 valence electrons. The van der Waals surface area contributed by atoms with Crippen LogP contribution in [-0.4, -0.2) is 14.3 Å². The number of aromatic nitrogens is 3. The van der Waals surface area contributed by atoms with Crippen LogP contribution in [0.2, 0.25) is 0 Å². The summed E-state index contributed by atoms with van der Waals surface area (Å²) in [6.45, 7) is -0.380. The van der Waals surface area contributed by atoms with E-state index < -0.39 is 23.0 Å². The van der Waals surface area contributed by atoms with Crippen LogP contribution < -0.4 is 11.2 Å². The van der Waals surface area contributed by atoms with Crippen LogP contribution in [0, 0.1) is 0 Å². The summed E-state index contributed by atoms with van der Waals surface area (Å²) in [7, 11) is 1.16. The summed E-state index contributed by atoms with van der Waals surface area (Å²) in [6.07, 6.45) is -2.36. The molecule has 0 saturated heterocycles. The van der Waals surface area contributed by atoms with E-state index in [4.69, 9.17) is 4.52 Å². The molecule has 2 heterocycles. The highest BCUT2D eigenvalue weighted by Gasteiger charge is 2.36. The number of hydrogen-bond acceptors (Lipinski definition) is 4. The predicted molar refractivity (Wildman–Crippen MR) is 68.5 cm³/mol. The van der Waals surface area contributed by atoms with Crippen LogP contribution in [0.15, 0.2) is 26.4 Å². The number of aryl methyl sites for hydroxylation is 1. The van der Waals surface area contributed by atoms with Crippen LogP contribution in [-0.2, 0) is 19.8 Å². The smallest absolute Gasteiger partial charge is 0.359 e. The molecule has 2 aromatic heterocycles. The van der Waals surface area contributed by atoms with Gasteiger partial charge in [-0.3, -0.25) is 9.36 Å². The van der Waals surface area contributed by atoms with Gasteiger partial charge in [0.2, 0.25) is 0 Å². The van der Waals surface area contributed by atoms with E-state index in [0.29, 0.717) is 22.4 Å². The fraction of sp³-hybridized carbons (Fsp3) is 0.462. The molecule has 9 heteroatoms. The van der Waals surface area contributed by atoms with E-state index in [1.165, 1.54) is 0 Å². The van der Waals surface area contributed by atoms with Gasteiger partial charge in [-0.2, -0.15) is 13.2 Å². The summed E-state index contributed by atoms with van der Waals surface area (Å²) in [4.78, 5) is 23.8. The number of rotatable bonds is 3. The highest BCUT2D eigenvalue weighted by atomic mass is 19.4. The number of alkyl halides is 3. The molecule has 0 amide bonds. The second kappa shape index (κ2) is 4.85. The molecule has 0 spiro atoms. The molecule has 3 rings (SSSR count). The van der Waals surface area contributed by atoms with Gasteiger partial charge in [0.1, 0.15) is 5.56 Å². The number of nitrogens with zero attached hydrogens (tertiary/aromatic N) is 3. The summed E-state index contributed by atoms with van der Waals surface area (Å²) >= 11 is 0. The van der Waals surface area contributed by atoms with Crippen molar-refractivity contribution in [1.82, 2.24) is 14.3 Å². The third-order valence-electron chi connectivity index (χ3n) is 3.52. The van der Waals surface area contributed by atoms with Crippen molar-refractivity contribution in [3.8, 4) is 0 Å². The zero-order valence-electron chi connectivity index (χ0n) is 11.6. The van der Waals surface area contributed by atoms with Crippen molar-refractivity contribution < 1.29 is 17.7 Å². The van der Waals surface area contributed by atoms with Gasteiger partial charge in [0, 0.05) is 25.2 Å². The Kier molecular flexibility index (Phi) is 3.22. The minimum Gasteiger partial charge on any atom is -0.359 e. The molecule has 0 aromatic carbocycles. The van der Waals surface area contributed by atoms with Gasteiger partial charge >= 0.3 is 11.9 Å². The van der Waals surface area contributed by atoms with Crippen molar-refractivity contribution in [1.29, 1.82) is 0 Å². The minimum atomic E-state index is -4.83. The highest BCUT2D eigenvalue weighted by molar-refractivity contribution is 5.16. The first-order chi connectivity index (χ1) is 10.3. The van der Waals surface area contributed by atoms with Crippen molar-refractivity contribution in [3.63, 3.8) is 0 Å². The van der Waals surface area contributed by atoms with Gasteiger partial charge in [-0.15, -0.1) is 0 Å². The van der Waals surface area contributed by atoms with Crippen molar-refractivity contribution in [2.24, 2.45) is 7.05 Å². The van der Waals surface area contributed by atoms with Gasteiger partial charge in [0.15, 0.2) is 5.76 Å². The van der Waals surface area contributed by atoms with Crippen molar-refractivity contribution in [3.05, 3.63) is 50.1 Å². The average Bonchev–Trinajstić information content (AvgIpc) is 3.18. The maximum atomic E-state index is 12.8. The lowest BCUT2D eigenvalue weighted by molar-refractivity contribution is -0.139. The number of hydrogen-bond donors (Lipinski definition) is 0. The van der Waals surface area contributed by atoms with E-state index in [0.717, 1.165) is 24.5 Å². The molecule has 0 bridgehead atoms. The molecule has 0 radical (unpaired) electrons. The van der Waals surface area contributed by atoms with E-state index >= 15 is 0 Å². The molecule has 0 aliphatic heterocycles. The molecular formula is C13H12F3N3O3. The lowest BCUT2D eigenvalue weighted by Gasteiger charge is -2.11. The third-order valence-corrected chi connectivity index (χ3v) is 3.52. The lowest BCUT2D eigenvalue weighted by atomic mass is 10.2. The van der Waals surface area contributed by atoms with E-state index in [1.807, 2.05) is 0 Å². The largest absolute Gasteiger partial charge is 0.423 e. The Balaban J connectivity index is 2.03. The zero-order valence-corrected chi connectivity index (χ0v) is 11.6. The summed E-state index contributed by atoms with van der Waals surface area (Å²) in [5, 5.41) is 3.81. The summed E-state index contributed by atoms with van der Waals surface area (Å²) in [5.41, 5.74) is -2.93. The quantitative estimate of drug-likeness (QED) is 0.860. The molecule has 0 N–H and O–H groups in total. The van der Waals surface area contributed by atoms with Crippen LogP contribution in [0.5, 0.6) is 0 Å². The third kappa shape index (κ3) is 2.58. The van der Waals surface area contributed by atoms with E-state index in [9.17, 15) is 22.8 Å². The van der Waals surface area contributed by atoms with Crippen LogP contribution in [0.3, 0.4) is 0 Å². The van der Waals surface area contributed by atoms with Crippen molar-refractivity contribution in [2.45, 2.75) is 31.5 Å². The molecule has 1 fully saturated rings. The monoisotopic (exact) mass is 315 g/mol. The second-order valence-electron chi connectivity index (χ2n) is 5.32. The molecule has 6 nitrogen and oxygen atoms in total. The zero-order chi connectivity index (χ0) is 16.1. The van der Waals surface area contributed by atoms with Gasteiger partial charge < -0.3 is 9.09 Å². The summed E-state index contributed by atoms with van der Waals surface area (Å²) in [6, 6.07) is 1.57. The molecule has 0 atom stereocenters. The molecule has 1 saturated carbocycles. The maximum Gasteiger partial charge on any atom is 0.423 e. The first-order valence-corrected chi connectivity index (χ1v) is 6.60. The Hall–Kier alpha value is -2.32. The topological polar surface area (TPSA) is 70.0 Å².